The molecule has 0 unspecified atom stereocenters. The average molecular weight is 468 g/mol. The Hall–Kier alpha value is -0.870. The maximum absolute atomic E-state index is 12.4. The highest BCUT2D eigenvalue weighted by atomic mass is 127. The van der Waals surface area contributed by atoms with E-state index in [-0.39, 0.29) is 36.1 Å². The van der Waals surface area contributed by atoms with Gasteiger partial charge in [-0.3, -0.25) is 0 Å². The number of nitrogens with one attached hydrogen (secondary N) is 2. The Morgan fingerprint density at radius 3 is 2.29 bits per heavy atom. The van der Waals surface area contributed by atoms with Crippen LogP contribution in [-0.4, -0.2) is 44.9 Å². The summed E-state index contributed by atoms with van der Waals surface area (Å²) >= 11 is 0. The Labute approximate surface area is 163 Å². The van der Waals surface area contributed by atoms with E-state index in [1.165, 1.54) is 18.4 Å². The molecule has 0 fully saturated rings. The summed E-state index contributed by atoms with van der Waals surface area (Å²) in [5.41, 5.74) is 0.545. The van der Waals surface area contributed by atoms with Crippen LogP contribution < -0.4 is 10.6 Å². The summed E-state index contributed by atoms with van der Waals surface area (Å²) in [6.07, 6.45) is 0. The molecule has 6 nitrogen and oxygen atoms in total. The van der Waals surface area contributed by atoms with Gasteiger partial charge in [0.15, 0.2) is 5.96 Å². The molecular weight excluding hydrogens is 439 g/mol. The van der Waals surface area contributed by atoms with E-state index in [0.29, 0.717) is 16.4 Å². The average Bonchev–Trinajstić information content (AvgIpc) is 2.43. The number of guanidine groups is 1. The minimum absolute atomic E-state index is 0. The highest BCUT2D eigenvalue weighted by Gasteiger charge is 2.20. The lowest BCUT2D eigenvalue weighted by atomic mass is 10.1. The Bertz CT molecular complexity index is 652. The van der Waals surface area contributed by atoms with Crippen molar-refractivity contribution in [2.24, 2.45) is 4.99 Å². The van der Waals surface area contributed by atoms with E-state index < -0.39 is 10.0 Å². The third kappa shape index (κ3) is 6.94. The maximum atomic E-state index is 12.4. The van der Waals surface area contributed by atoms with Crippen LogP contribution in [0, 0.1) is 0 Å². The number of hydrogen-bond donors (Lipinski definition) is 2. The van der Waals surface area contributed by atoms with Crippen LogP contribution in [0.3, 0.4) is 0 Å². The van der Waals surface area contributed by atoms with Gasteiger partial charge in [-0.25, -0.2) is 17.7 Å². The second kappa shape index (κ2) is 9.57. The monoisotopic (exact) mass is 468 g/mol. The molecular formula is C16H29IN4O2S. The maximum Gasteiger partial charge on any atom is 0.242 e. The summed E-state index contributed by atoms with van der Waals surface area (Å²) in [5, 5.41) is 6.46. The molecule has 0 aliphatic rings. The second-order valence-corrected chi connectivity index (χ2v) is 8.59. The first-order valence-electron chi connectivity index (χ1n) is 7.65. The van der Waals surface area contributed by atoms with Gasteiger partial charge in [-0.15, -0.1) is 24.0 Å². The van der Waals surface area contributed by atoms with E-state index in [9.17, 15) is 8.42 Å². The third-order valence-corrected chi connectivity index (χ3v) is 4.89. The second-order valence-electron chi connectivity index (χ2n) is 6.47. The van der Waals surface area contributed by atoms with Crippen molar-refractivity contribution in [3.8, 4) is 0 Å². The summed E-state index contributed by atoms with van der Waals surface area (Å²) in [6, 6.07) is 6.96. The van der Waals surface area contributed by atoms with Crippen LogP contribution in [0.2, 0.25) is 0 Å². The molecule has 24 heavy (non-hydrogen) atoms. The fourth-order valence-electron chi connectivity index (χ4n) is 1.91. The van der Waals surface area contributed by atoms with Crippen LogP contribution in [0.5, 0.6) is 0 Å². The summed E-state index contributed by atoms with van der Waals surface area (Å²) in [6.45, 7) is 9.15. The summed E-state index contributed by atoms with van der Waals surface area (Å²) in [7, 11) is -0.423. The van der Waals surface area contributed by atoms with E-state index in [1.807, 2.05) is 33.8 Å². The molecule has 0 amide bonds. The van der Waals surface area contributed by atoms with Crippen LogP contribution in [0.25, 0.3) is 0 Å². The number of halogens is 1. The Morgan fingerprint density at radius 1 is 1.21 bits per heavy atom. The summed E-state index contributed by atoms with van der Waals surface area (Å²) < 4.78 is 26.0. The molecule has 8 heteroatoms. The summed E-state index contributed by atoms with van der Waals surface area (Å²) in [5.74, 6) is 0.664. The van der Waals surface area contributed by atoms with Crippen molar-refractivity contribution in [1.29, 1.82) is 0 Å². The van der Waals surface area contributed by atoms with Crippen LogP contribution in [0.1, 0.15) is 33.3 Å². The van der Waals surface area contributed by atoms with Crippen molar-refractivity contribution in [2.45, 2.75) is 44.7 Å². The largest absolute Gasteiger partial charge is 0.357 e. The molecule has 0 heterocycles. The van der Waals surface area contributed by atoms with Crippen molar-refractivity contribution < 1.29 is 8.42 Å². The van der Waals surface area contributed by atoms with Crippen molar-refractivity contribution >= 4 is 40.0 Å². The Kier molecular flexibility index (Phi) is 9.22. The predicted octanol–water partition coefficient (Wildman–Crippen LogP) is 2.41. The molecule has 0 spiro atoms. The quantitative estimate of drug-likeness (QED) is 0.396. The SMILES string of the molecule is CCNC(=NCc1ccccc1S(=O)(=O)N(C)C)NC(C)(C)C.I. The van der Waals surface area contributed by atoms with Crippen LogP contribution in [0.15, 0.2) is 34.2 Å². The van der Waals surface area contributed by atoms with E-state index in [4.69, 9.17) is 0 Å². The number of aliphatic imine (C=N–C) groups is 1. The van der Waals surface area contributed by atoms with Gasteiger partial charge in [-0.1, -0.05) is 18.2 Å². The molecule has 0 saturated heterocycles. The molecule has 2 N–H and O–H groups in total. The molecule has 1 aromatic rings. The molecule has 0 bridgehead atoms. The lowest BCUT2D eigenvalue weighted by molar-refractivity contribution is 0.501. The highest BCUT2D eigenvalue weighted by Crippen LogP contribution is 2.19. The van der Waals surface area contributed by atoms with E-state index in [2.05, 4.69) is 15.6 Å². The fraction of sp³-hybridized carbons (Fsp3) is 0.562. The van der Waals surface area contributed by atoms with Gasteiger partial charge in [0.2, 0.25) is 10.0 Å². The molecule has 1 rings (SSSR count). The van der Waals surface area contributed by atoms with Gasteiger partial charge in [0.25, 0.3) is 0 Å². The number of hydrogen-bond acceptors (Lipinski definition) is 3. The number of rotatable bonds is 5. The molecule has 0 aliphatic carbocycles. The van der Waals surface area contributed by atoms with Gasteiger partial charge in [0.05, 0.1) is 11.4 Å². The zero-order valence-electron chi connectivity index (χ0n) is 15.3. The number of benzene rings is 1. The standard InChI is InChI=1S/C16H28N4O2S.HI/c1-7-17-15(19-16(2,3)4)18-12-13-10-8-9-11-14(13)23(21,22)20(5)6;/h8-11H,7,12H2,1-6H3,(H2,17,18,19);1H. The molecule has 0 atom stereocenters. The van der Waals surface area contributed by atoms with E-state index in [1.54, 1.807) is 18.2 Å². The van der Waals surface area contributed by atoms with Gasteiger partial charge in [0.1, 0.15) is 0 Å². The number of nitrogens with zero attached hydrogens (tertiary/aromatic N) is 2. The Balaban J connectivity index is 0.00000529. The molecule has 0 saturated carbocycles. The van der Waals surface area contributed by atoms with E-state index in [0.717, 1.165) is 6.54 Å². The Morgan fingerprint density at radius 2 is 1.79 bits per heavy atom. The van der Waals surface area contributed by atoms with Crippen molar-refractivity contribution in [3.05, 3.63) is 29.8 Å². The first-order valence-corrected chi connectivity index (χ1v) is 9.09. The zero-order valence-corrected chi connectivity index (χ0v) is 18.4. The van der Waals surface area contributed by atoms with Gasteiger partial charge in [-0.05, 0) is 39.3 Å². The molecule has 138 valence electrons. The van der Waals surface area contributed by atoms with Gasteiger partial charge < -0.3 is 10.6 Å². The van der Waals surface area contributed by atoms with Gasteiger partial charge in [-0.2, -0.15) is 0 Å². The fourth-order valence-corrected chi connectivity index (χ4v) is 3.02. The van der Waals surface area contributed by atoms with Crippen molar-refractivity contribution in [3.63, 3.8) is 0 Å². The van der Waals surface area contributed by atoms with Crippen molar-refractivity contribution in [1.82, 2.24) is 14.9 Å². The summed E-state index contributed by atoms with van der Waals surface area (Å²) in [4.78, 5) is 4.81. The van der Waals surface area contributed by atoms with Crippen LogP contribution in [-0.2, 0) is 16.6 Å². The molecule has 0 radical (unpaired) electrons. The highest BCUT2D eigenvalue weighted by molar-refractivity contribution is 14.0. The lowest BCUT2D eigenvalue weighted by Gasteiger charge is -2.24. The van der Waals surface area contributed by atoms with Gasteiger partial charge >= 0.3 is 0 Å². The van der Waals surface area contributed by atoms with Crippen molar-refractivity contribution in [2.75, 3.05) is 20.6 Å². The molecule has 1 aromatic carbocycles. The van der Waals surface area contributed by atoms with Gasteiger partial charge in [0, 0.05) is 26.2 Å². The van der Waals surface area contributed by atoms with Crippen LogP contribution in [0.4, 0.5) is 0 Å². The molecule has 0 aliphatic heterocycles. The minimum Gasteiger partial charge on any atom is -0.357 e. The zero-order chi connectivity index (χ0) is 17.7. The normalized spacial score (nSPS) is 12.7. The first kappa shape index (κ1) is 23.1. The third-order valence-electron chi connectivity index (χ3n) is 2.98. The molecule has 0 aromatic heterocycles. The number of sulfonamides is 1. The smallest absolute Gasteiger partial charge is 0.242 e. The topological polar surface area (TPSA) is 73.8 Å². The first-order chi connectivity index (χ1) is 10.6. The predicted molar refractivity (Wildman–Crippen MR) is 110 cm³/mol. The van der Waals surface area contributed by atoms with Crippen LogP contribution >= 0.6 is 24.0 Å². The van der Waals surface area contributed by atoms with E-state index >= 15 is 0 Å². The minimum atomic E-state index is -3.48. The lowest BCUT2D eigenvalue weighted by Crippen LogP contribution is -2.47.